The first-order valence-electron chi connectivity index (χ1n) is 1.65. The zero-order valence-corrected chi connectivity index (χ0v) is 5.74. The summed E-state index contributed by atoms with van der Waals surface area (Å²) in [5.74, 6) is 0. The van der Waals surface area contributed by atoms with Crippen molar-refractivity contribution in [1.29, 1.82) is 0 Å². The molecule has 2 atom stereocenters. The minimum atomic E-state index is -0.458. The first-order chi connectivity index (χ1) is 3.30. The van der Waals surface area contributed by atoms with Crippen LogP contribution in [-0.4, -0.2) is 11.1 Å². The molecule has 0 saturated carbocycles. The third-order valence-electron chi connectivity index (χ3n) is 0.527. The van der Waals surface area contributed by atoms with Crippen LogP contribution in [0, 0.1) is 0 Å². The van der Waals surface area contributed by atoms with Gasteiger partial charge in [-0.15, -0.1) is 0 Å². The quantitative estimate of drug-likeness (QED) is 0.397. The Balaban J connectivity index is 2.33. The lowest BCUT2D eigenvalue weighted by Gasteiger charge is -1.96. The predicted molar refractivity (Wildman–Crippen MR) is 29.8 cm³/mol. The lowest BCUT2D eigenvalue weighted by atomic mass is 10.8. The number of halogens is 2. The highest BCUT2D eigenvalue weighted by atomic mass is 35.5. The van der Waals surface area contributed by atoms with E-state index in [-0.39, 0.29) is 9.03 Å². The molecule has 1 aliphatic heterocycles. The van der Waals surface area contributed by atoms with Crippen molar-refractivity contribution in [2.24, 2.45) is 0 Å². The van der Waals surface area contributed by atoms with Gasteiger partial charge in [0.25, 0.3) is 0 Å². The normalized spacial score (nSPS) is 45.4. The molecule has 0 aromatic carbocycles. The van der Waals surface area contributed by atoms with Crippen LogP contribution >= 0.6 is 32.2 Å². The van der Waals surface area contributed by atoms with Gasteiger partial charge in [-0.2, -0.15) is 0 Å². The molecular weight excluding hydrogens is 158 g/mol. The van der Waals surface area contributed by atoms with E-state index in [9.17, 15) is 0 Å². The number of alkyl halides is 2. The fourth-order valence-electron chi connectivity index (χ4n) is 0.227. The number of hydrogen-bond donors (Lipinski definition) is 0. The van der Waals surface area contributed by atoms with Crippen LogP contribution in [0.3, 0.4) is 0 Å². The van der Waals surface area contributed by atoms with Crippen LogP contribution in [0.15, 0.2) is 0 Å². The second-order valence-electron chi connectivity index (χ2n) is 1.02. The maximum Gasteiger partial charge on any atom is 0.178 e. The topological polar surface area (TPSA) is 18.5 Å². The molecule has 1 fully saturated rings. The van der Waals surface area contributed by atoms with Gasteiger partial charge in [-0.3, -0.25) is 0 Å². The molecule has 1 rings (SSSR count). The van der Waals surface area contributed by atoms with E-state index in [2.05, 4.69) is 0 Å². The Hall–Kier alpha value is 0.930. The Morgan fingerprint density at radius 3 is 1.71 bits per heavy atom. The van der Waals surface area contributed by atoms with E-state index in [4.69, 9.17) is 32.2 Å². The van der Waals surface area contributed by atoms with E-state index in [1.54, 1.807) is 0 Å². The van der Waals surface area contributed by atoms with E-state index in [1.165, 1.54) is 0 Å². The van der Waals surface area contributed by atoms with Crippen LogP contribution in [0.1, 0.15) is 0 Å². The average molecular weight is 161 g/mol. The van der Waals surface area contributed by atoms with Gasteiger partial charge < -0.3 is 9.05 Å². The molecule has 0 aromatic heterocycles. The summed E-state index contributed by atoms with van der Waals surface area (Å²) in [5, 5.41) is 0. The molecule has 0 radical (unpaired) electrons. The van der Waals surface area contributed by atoms with Gasteiger partial charge in [0, 0.05) is 0 Å². The zero-order valence-electron chi connectivity index (χ0n) is 3.23. The van der Waals surface area contributed by atoms with Gasteiger partial charge in [-0.1, -0.05) is 23.2 Å². The van der Waals surface area contributed by atoms with Crippen molar-refractivity contribution < 1.29 is 9.05 Å². The molecule has 0 bridgehead atoms. The van der Waals surface area contributed by atoms with Crippen molar-refractivity contribution in [3.05, 3.63) is 0 Å². The Labute approximate surface area is 53.0 Å². The Bertz CT molecular complexity index is 62.7. The van der Waals surface area contributed by atoms with E-state index >= 15 is 0 Å². The largest absolute Gasteiger partial charge is 0.312 e. The highest BCUT2D eigenvalue weighted by Gasteiger charge is 2.24. The summed E-state index contributed by atoms with van der Waals surface area (Å²) >= 11 is 10.8. The van der Waals surface area contributed by atoms with Crippen molar-refractivity contribution in [1.82, 2.24) is 0 Å². The average Bonchev–Trinajstić information content (AvgIpc) is 1.91. The fraction of sp³-hybridized carbons (Fsp3) is 1.00. The third kappa shape index (κ3) is 1.41. The monoisotopic (exact) mass is 160 g/mol. The Morgan fingerprint density at radius 1 is 1.14 bits per heavy atom. The summed E-state index contributed by atoms with van der Waals surface area (Å²) in [6.07, 6.45) is 0. The SMILES string of the molecule is ClC1OPOC1Cl. The van der Waals surface area contributed by atoms with Crippen molar-refractivity contribution in [3.63, 3.8) is 0 Å². The van der Waals surface area contributed by atoms with Gasteiger partial charge in [0.1, 0.15) is 0 Å². The molecule has 2 unspecified atom stereocenters. The van der Waals surface area contributed by atoms with Crippen molar-refractivity contribution in [2.75, 3.05) is 0 Å². The van der Waals surface area contributed by atoms with Crippen molar-refractivity contribution in [3.8, 4) is 0 Å². The van der Waals surface area contributed by atoms with E-state index < -0.39 is 11.1 Å². The predicted octanol–water partition coefficient (Wildman–Crippen LogP) is 1.67. The van der Waals surface area contributed by atoms with Gasteiger partial charge >= 0.3 is 0 Å². The molecule has 2 nitrogen and oxygen atoms in total. The second kappa shape index (κ2) is 2.47. The molecule has 0 N–H and O–H groups in total. The molecule has 42 valence electrons. The summed E-state index contributed by atoms with van der Waals surface area (Å²) in [7, 11) is 0.00540. The molecule has 0 aliphatic carbocycles. The summed E-state index contributed by atoms with van der Waals surface area (Å²) in [6, 6.07) is 0. The third-order valence-corrected chi connectivity index (χ3v) is 2.29. The van der Waals surface area contributed by atoms with Crippen LogP contribution in [0.4, 0.5) is 0 Å². The molecule has 1 aliphatic rings. The molecular formula is C2H3Cl2O2P. The van der Waals surface area contributed by atoms with E-state index in [1.807, 2.05) is 0 Å². The van der Waals surface area contributed by atoms with E-state index in [0.29, 0.717) is 0 Å². The Kier molecular flexibility index (Phi) is 2.14. The highest BCUT2D eigenvalue weighted by Crippen LogP contribution is 2.35. The highest BCUT2D eigenvalue weighted by molar-refractivity contribution is 7.26. The molecule has 1 heterocycles. The fourth-order valence-corrected chi connectivity index (χ4v) is 1.21. The number of rotatable bonds is 0. The molecule has 0 aromatic rings. The van der Waals surface area contributed by atoms with Gasteiger partial charge in [-0.05, 0) is 0 Å². The molecule has 1 saturated heterocycles. The van der Waals surface area contributed by atoms with Gasteiger partial charge in [0.15, 0.2) is 20.2 Å². The lowest BCUT2D eigenvalue weighted by molar-refractivity contribution is 0.292. The van der Waals surface area contributed by atoms with Crippen LogP contribution < -0.4 is 0 Å². The first kappa shape index (κ1) is 6.06. The summed E-state index contributed by atoms with van der Waals surface area (Å²) in [6.45, 7) is 0. The van der Waals surface area contributed by atoms with Crippen molar-refractivity contribution in [2.45, 2.75) is 11.1 Å². The van der Waals surface area contributed by atoms with Crippen LogP contribution in [0.5, 0.6) is 0 Å². The Morgan fingerprint density at radius 2 is 1.57 bits per heavy atom. The molecule has 7 heavy (non-hydrogen) atoms. The van der Waals surface area contributed by atoms with Gasteiger partial charge in [0.05, 0.1) is 0 Å². The van der Waals surface area contributed by atoms with Crippen LogP contribution in [0.2, 0.25) is 0 Å². The smallest absolute Gasteiger partial charge is 0.178 e. The first-order valence-corrected chi connectivity index (χ1v) is 3.34. The summed E-state index contributed by atoms with van der Waals surface area (Å²) in [5.41, 5.74) is -0.917. The zero-order chi connectivity index (χ0) is 5.28. The molecule has 0 spiro atoms. The molecule has 5 heteroatoms. The maximum atomic E-state index is 5.39. The van der Waals surface area contributed by atoms with Gasteiger partial charge in [0.2, 0.25) is 0 Å². The lowest BCUT2D eigenvalue weighted by Crippen LogP contribution is -2.07. The second-order valence-corrected chi connectivity index (χ2v) is 2.52. The van der Waals surface area contributed by atoms with Crippen LogP contribution in [-0.2, 0) is 9.05 Å². The maximum absolute atomic E-state index is 5.39. The summed E-state index contributed by atoms with van der Waals surface area (Å²) in [4.78, 5) is 0. The van der Waals surface area contributed by atoms with E-state index in [0.717, 1.165) is 0 Å². The molecule has 0 amide bonds. The standard InChI is InChI=1S/C2H3Cl2O2P/c3-1-2(4)6-7-5-1/h1-2,7H. The minimum Gasteiger partial charge on any atom is -0.312 e. The van der Waals surface area contributed by atoms with Gasteiger partial charge in [-0.25, -0.2) is 0 Å². The van der Waals surface area contributed by atoms with Crippen molar-refractivity contribution >= 4 is 32.2 Å². The minimum absolute atomic E-state index is 0.00540. The van der Waals surface area contributed by atoms with Crippen LogP contribution in [0.25, 0.3) is 0 Å². The number of hydrogen-bond acceptors (Lipinski definition) is 2. The summed E-state index contributed by atoms with van der Waals surface area (Å²) < 4.78 is 9.41.